The first-order chi connectivity index (χ1) is 11.8. The summed E-state index contributed by atoms with van der Waals surface area (Å²) < 4.78 is 5.76. The highest BCUT2D eigenvalue weighted by Crippen LogP contribution is 2.29. The molecule has 5 nitrogen and oxygen atoms in total. The van der Waals surface area contributed by atoms with E-state index >= 15 is 0 Å². The first kappa shape index (κ1) is 17.1. The molecule has 2 N–H and O–H groups in total. The fraction of sp³-hybridized carbons (Fsp3) is 0.684. The summed E-state index contributed by atoms with van der Waals surface area (Å²) in [6.07, 6.45) is 10.9. The van der Waals surface area contributed by atoms with E-state index in [0.29, 0.717) is 12.6 Å². The van der Waals surface area contributed by atoms with E-state index in [0.717, 1.165) is 36.5 Å². The molecule has 1 aromatic heterocycles. The highest BCUT2D eigenvalue weighted by atomic mass is 16.5. The fourth-order valence-electron chi connectivity index (χ4n) is 3.05. The normalized spacial score (nSPS) is 19.1. The molecule has 0 spiro atoms. The number of guanidine groups is 1. The molecule has 0 unspecified atom stereocenters. The van der Waals surface area contributed by atoms with E-state index in [1.807, 2.05) is 18.3 Å². The summed E-state index contributed by atoms with van der Waals surface area (Å²) >= 11 is 0. The first-order valence-electron chi connectivity index (χ1n) is 9.46. The number of nitrogens with one attached hydrogen (secondary N) is 2. The largest absolute Gasteiger partial charge is 0.477 e. The second kappa shape index (κ2) is 8.90. The third kappa shape index (κ3) is 5.69. The summed E-state index contributed by atoms with van der Waals surface area (Å²) in [6, 6.07) is 4.58. The summed E-state index contributed by atoms with van der Waals surface area (Å²) in [5.74, 6) is 2.38. The van der Waals surface area contributed by atoms with Gasteiger partial charge in [0.1, 0.15) is 0 Å². The molecular weight excluding hydrogens is 300 g/mol. The van der Waals surface area contributed by atoms with Gasteiger partial charge in [-0.15, -0.1) is 0 Å². The number of hydrogen-bond acceptors (Lipinski definition) is 3. The van der Waals surface area contributed by atoms with Crippen molar-refractivity contribution in [2.75, 3.05) is 13.2 Å². The summed E-state index contributed by atoms with van der Waals surface area (Å²) in [4.78, 5) is 9.03. The fourth-order valence-corrected chi connectivity index (χ4v) is 3.05. The Bertz CT molecular complexity index is 536. The molecule has 2 aliphatic carbocycles. The van der Waals surface area contributed by atoms with Gasteiger partial charge in [0.15, 0.2) is 5.96 Å². The standard InChI is InChI=1S/C19H30N4O/c1-2-20-19(23-17-6-4-3-5-7-17)22-13-16-10-11-21-18(12-16)24-14-15-8-9-15/h10-12,15,17H,2-9,13-14H2,1H3,(H2,20,22,23). The summed E-state index contributed by atoms with van der Waals surface area (Å²) in [5, 5.41) is 6.94. The Morgan fingerprint density at radius 1 is 1.25 bits per heavy atom. The summed E-state index contributed by atoms with van der Waals surface area (Å²) in [6.45, 7) is 4.43. The third-order valence-electron chi connectivity index (χ3n) is 4.67. The van der Waals surface area contributed by atoms with Crippen molar-refractivity contribution in [2.24, 2.45) is 10.9 Å². The number of hydrogen-bond donors (Lipinski definition) is 2. The van der Waals surface area contributed by atoms with Gasteiger partial charge in [0.05, 0.1) is 13.2 Å². The van der Waals surface area contributed by atoms with Crippen LogP contribution in [0.2, 0.25) is 0 Å². The van der Waals surface area contributed by atoms with Crippen molar-refractivity contribution in [3.05, 3.63) is 23.9 Å². The van der Waals surface area contributed by atoms with Crippen molar-refractivity contribution in [3.8, 4) is 5.88 Å². The van der Waals surface area contributed by atoms with Crippen molar-refractivity contribution in [1.29, 1.82) is 0 Å². The van der Waals surface area contributed by atoms with Crippen molar-refractivity contribution >= 4 is 5.96 Å². The molecule has 3 rings (SSSR count). The maximum absolute atomic E-state index is 5.76. The van der Waals surface area contributed by atoms with Gasteiger partial charge in [0.25, 0.3) is 0 Å². The zero-order valence-corrected chi connectivity index (χ0v) is 14.8. The monoisotopic (exact) mass is 330 g/mol. The van der Waals surface area contributed by atoms with E-state index in [-0.39, 0.29) is 0 Å². The average Bonchev–Trinajstić information content (AvgIpc) is 3.44. The minimum Gasteiger partial charge on any atom is -0.477 e. The third-order valence-corrected chi connectivity index (χ3v) is 4.67. The predicted octanol–water partition coefficient (Wildman–Crippen LogP) is 3.26. The predicted molar refractivity (Wildman–Crippen MR) is 97.3 cm³/mol. The molecule has 132 valence electrons. The molecule has 0 aliphatic heterocycles. The van der Waals surface area contributed by atoms with E-state index in [2.05, 4.69) is 22.5 Å². The zero-order chi connectivity index (χ0) is 16.6. The molecule has 0 saturated heterocycles. The first-order valence-corrected chi connectivity index (χ1v) is 9.46. The van der Waals surface area contributed by atoms with Gasteiger partial charge < -0.3 is 15.4 Å². The molecule has 2 saturated carbocycles. The van der Waals surface area contributed by atoms with E-state index in [9.17, 15) is 0 Å². The number of rotatable bonds is 7. The summed E-state index contributed by atoms with van der Waals surface area (Å²) in [5.41, 5.74) is 1.14. The van der Waals surface area contributed by atoms with Crippen molar-refractivity contribution in [2.45, 2.75) is 64.5 Å². The highest BCUT2D eigenvalue weighted by molar-refractivity contribution is 5.80. The molecule has 2 fully saturated rings. The van der Waals surface area contributed by atoms with E-state index in [4.69, 9.17) is 9.73 Å². The Kier molecular flexibility index (Phi) is 6.33. The van der Waals surface area contributed by atoms with Crippen LogP contribution in [-0.2, 0) is 6.54 Å². The topological polar surface area (TPSA) is 58.5 Å². The number of aromatic nitrogens is 1. The van der Waals surface area contributed by atoms with Crippen LogP contribution in [0, 0.1) is 5.92 Å². The number of aliphatic imine (C=N–C) groups is 1. The molecule has 2 aliphatic rings. The number of nitrogens with zero attached hydrogens (tertiary/aromatic N) is 2. The van der Waals surface area contributed by atoms with E-state index in [1.54, 1.807) is 0 Å². The average molecular weight is 330 g/mol. The minimum atomic E-state index is 0.562. The van der Waals surface area contributed by atoms with E-state index < -0.39 is 0 Å². The Morgan fingerprint density at radius 3 is 2.83 bits per heavy atom. The van der Waals surface area contributed by atoms with Gasteiger partial charge in [0, 0.05) is 24.8 Å². The Labute approximate surface area is 145 Å². The maximum atomic E-state index is 5.76. The highest BCUT2D eigenvalue weighted by Gasteiger charge is 2.22. The van der Waals surface area contributed by atoms with Gasteiger partial charge >= 0.3 is 0 Å². The van der Waals surface area contributed by atoms with E-state index in [1.165, 1.54) is 44.9 Å². The lowest BCUT2D eigenvalue weighted by Gasteiger charge is -2.24. The van der Waals surface area contributed by atoms with Crippen LogP contribution >= 0.6 is 0 Å². The molecular formula is C19H30N4O. The van der Waals surface area contributed by atoms with Crippen LogP contribution in [0.5, 0.6) is 5.88 Å². The van der Waals surface area contributed by atoms with Crippen LogP contribution in [0.4, 0.5) is 0 Å². The lowest BCUT2D eigenvalue weighted by atomic mass is 9.96. The molecule has 0 bridgehead atoms. The molecule has 0 radical (unpaired) electrons. The van der Waals surface area contributed by atoms with Gasteiger partial charge in [0.2, 0.25) is 5.88 Å². The maximum Gasteiger partial charge on any atom is 0.213 e. The van der Waals surface area contributed by atoms with Gasteiger partial charge in [-0.2, -0.15) is 0 Å². The van der Waals surface area contributed by atoms with Gasteiger partial charge in [-0.1, -0.05) is 19.3 Å². The van der Waals surface area contributed by atoms with Gasteiger partial charge in [-0.3, -0.25) is 0 Å². The molecule has 0 atom stereocenters. The Balaban J connectivity index is 1.54. The number of pyridine rings is 1. The van der Waals surface area contributed by atoms with Crippen LogP contribution in [-0.4, -0.2) is 30.1 Å². The Morgan fingerprint density at radius 2 is 2.08 bits per heavy atom. The van der Waals surface area contributed by atoms with Crippen molar-refractivity contribution in [3.63, 3.8) is 0 Å². The molecule has 5 heteroatoms. The summed E-state index contributed by atoms with van der Waals surface area (Å²) in [7, 11) is 0. The number of ether oxygens (including phenoxy) is 1. The van der Waals surface area contributed by atoms with Crippen LogP contribution in [0.15, 0.2) is 23.3 Å². The van der Waals surface area contributed by atoms with Crippen LogP contribution in [0.25, 0.3) is 0 Å². The molecule has 0 aromatic carbocycles. The van der Waals surface area contributed by atoms with Gasteiger partial charge in [-0.05, 0) is 50.2 Å². The van der Waals surface area contributed by atoms with Crippen LogP contribution in [0.3, 0.4) is 0 Å². The Hall–Kier alpha value is -1.78. The van der Waals surface area contributed by atoms with Crippen LogP contribution < -0.4 is 15.4 Å². The van der Waals surface area contributed by atoms with Crippen LogP contribution in [0.1, 0.15) is 57.4 Å². The molecule has 1 heterocycles. The lowest BCUT2D eigenvalue weighted by molar-refractivity contribution is 0.288. The second-order valence-corrected chi connectivity index (χ2v) is 6.93. The van der Waals surface area contributed by atoms with Crippen molar-refractivity contribution < 1.29 is 4.74 Å². The zero-order valence-electron chi connectivity index (χ0n) is 14.8. The van der Waals surface area contributed by atoms with Gasteiger partial charge in [-0.25, -0.2) is 9.98 Å². The smallest absolute Gasteiger partial charge is 0.213 e. The lowest BCUT2D eigenvalue weighted by Crippen LogP contribution is -2.44. The minimum absolute atomic E-state index is 0.562. The van der Waals surface area contributed by atoms with Crippen molar-refractivity contribution in [1.82, 2.24) is 15.6 Å². The quantitative estimate of drug-likeness (QED) is 0.595. The molecule has 0 amide bonds. The molecule has 1 aromatic rings. The SMILES string of the molecule is CCNC(=NCc1ccnc(OCC2CC2)c1)NC1CCCCC1. The molecule has 24 heavy (non-hydrogen) atoms. The second-order valence-electron chi connectivity index (χ2n) is 6.93.